The van der Waals surface area contributed by atoms with E-state index in [2.05, 4.69) is 0 Å². The van der Waals surface area contributed by atoms with Gasteiger partial charge in [0.2, 0.25) is 0 Å². The highest BCUT2D eigenvalue weighted by Crippen LogP contribution is 2.35. The van der Waals surface area contributed by atoms with Gasteiger partial charge >= 0.3 is 6.18 Å². The first-order valence-electron chi connectivity index (χ1n) is 8.99. The number of anilines is 1. The van der Waals surface area contributed by atoms with E-state index in [0.29, 0.717) is 5.52 Å². The minimum atomic E-state index is -4.51. The molecule has 9 heteroatoms. The summed E-state index contributed by atoms with van der Waals surface area (Å²) in [5, 5.41) is 11.0. The summed E-state index contributed by atoms with van der Waals surface area (Å²) < 4.78 is 44.9. The Bertz CT molecular complexity index is 1170. The number of carbonyl (C=O) groups is 1. The highest BCUT2D eigenvalue weighted by Gasteiger charge is 2.31. The zero-order chi connectivity index (χ0) is 22.2. The van der Waals surface area contributed by atoms with E-state index in [9.17, 15) is 27.9 Å². The maximum Gasteiger partial charge on any atom is 0.416 e. The summed E-state index contributed by atoms with van der Waals surface area (Å²) in [5.74, 6) is -1.10. The van der Waals surface area contributed by atoms with Gasteiger partial charge in [-0.25, -0.2) is 0 Å². The largest absolute Gasteiger partial charge is 0.506 e. The van der Waals surface area contributed by atoms with Crippen LogP contribution in [0.5, 0.6) is 11.5 Å². The molecule has 2 aromatic carbocycles. The first kappa shape index (κ1) is 21.2. The van der Waals surface area contributed by atoms with E-state index in [0.717, 1.165) is 29.2 Å². The lowest BCUT2D eigenvalue weighted by Crippen LogP contribution is -2.36. The Morgan fingerprint density at radius 2 is 1.80 bits per heavy atom. The van der Waals surface area contributed by atoms with Crippen molar-refractivity contribution in [1.82, 2.24) is 4.57 Å². The number of alkyl halides is 3. The molecule has 0 radical (unpaired) electrons. The number of hydrogen-bond donors (Lipinski definition) is 1. The van der Waals surface area contributed by atoms with E-state index >= 15 is 0 Å². The molecule has 1 amide bonds. The van der Waals surface area contributed by atoms with Gasteiger partial charge in [0.1, 0.15) is 17.1 Å². The van der Waals surface area contributed by atoms with E-state index in [1.54, 1.807) is 25.1 Å². The van der Waals surface area contributed by atoms with E-state index < -0.39 is 34.5 Å². The number of amides is 1. The number of benzene rings is 2. The van der Waals surface area contributed by atoms with Crippen molar-refractivity contribution in [3.05, 3.63) is 63.9 Å². The summed E-state index contributed by atoms with van der Waals surface area (Å²) in [6, 6.07) is 8.82. The van der Waals surface area contributed by atoms with Crippen LogP contribution in [0, 0.1) is 0 Å². The Balaban J connectivity index is 2.17. The molecule has 0 bridgehead atoms. The summed E-state index contributed by atoms with van der Waals surface area (Å²) in [6.45, 7) is 1.68. The van der Waals surface area contributed by atoms with Crippen LogP contribution >= 0.6 is 0 Å². The maximum atomic E-state index is 13.2. The van der Waals surface area contributed by atoms with E-state index in [1.807, 2.05) is 0 Å². The molecular formula is C21H19F3N2O4. The number of rotatable bonds is 4. The number of pyridine rings is 1. The molecule has 6 nitrogen and oxygen atoms in total. The second-order valence-corrected chi connectivity index (χ2v) is 6.54. The van der Waals surface area contributed by atoms with Crippen molar-refractivity contribution >= 4 is 22.5 Å². The summed E-state index contributed by atoms with van der Waals surface area (Å²) in [7, 11) is 2.84. The highest BCUT2D eigenvalue weighted by atomic mass is 19.4. The Labute approximate surface area is 169 Å². The van der Waals surface area contributed by atoms with Gasteiger partial charge in [-0.3, -0.25) is 9.59 Å². The lowest BCUT2D eigenvalue weighted by molar-refractivity contribution is -0.137. The van der Waals surface area contributed by atoms with Crippen LogP contribution < -0.4 is 15.2 Å². The summed E-state index contributed by atoms with van der Waals surface area (Å²) in [4.78, 5) is 27.2. The first-order valence-corrected chi connectivity index (χ1v) is 8.99. The number of aryl methyl sites for hydroxylation is 1. The SMILES string of the molecule is CCN(C(=O)c1c(O)c2c(OC)cccc2n(C)c1=O)c1ccc(C(F)(F)F)cc1. The van der Waals surface area contributed by atoms with Crippen LogP contribution in [-0.2, 0) is 13.2 Å². The molecule has 30 heavy (non-hydrogen) atoms. The average Bonchev–Trinajstić information content (AvgIpc) is 2.72. The smallest absolute Gasteiger partial charge is 0.416 e. The number of ether oxygens (including phenoxy) is 1. The van der Waals surface area contributed by atoms with Crippen molar-refractivity contribution in [2.45, 2.75) is 13.1 Å². The van der Waals surface area contributed by atoms with Gasteiger partial charge < -0.3 is 19.3 Å². The van der Waals surface area contributed by atoms with Gasteiger partial charge in [0.15, 0.2) is 0 Å². The quantitative estimate of drug-likeness (QED) is 0.694. The summed E-state index contributed by atoms with van der Waals surface area (Å²) in [6.07, 6.45) is -4.51. The van der Waals surface area contributed by atoms with E-state index in [-0.39, 0.29) is 23.4 Å². The molecule has 0 atom stereocenters. The highest BCUT2D eigenvalue weighted by molar-refractivity contribution is 6.11. The van der Waals surface area contributed by atoms with E-state index in [1.165, 1.54) is 18.7 Å². The molecule has 1 heterocycles. The Kier molecular flexibility index (Phi) is 5.47. The molecule has 158 valence electrons. The topological polar surface area (TPSA) is 71.8 Å². The molecule has 0 saturated carbocycles. The predicted molar refractivity (Wildman–Crippen MR) is 106 cm³/mol. The minimum absolute atomic E-state index is 0.0662. The van der Waals surface area contributed by atoms with Gasteiger partial charge in [-0.05, 0) is 43.3 Å². The molecule has 0 saturated heterocycles. The number of fused-ring (bicyclic) bond motifs is 1. The molecule has 0 aliphatic rings. The molecule has 0 fully saturated rings. The number of methoxy groups -OCH3 is 1. The second kappa shape index (κ2) is 7.74. The van der Waals surface area contributed by atoms with Gasteiger partial charge in [0, 0.05) is 19.3 Å². The van der Waals surface area contributed by atoms with Crippen LogP contribution in [-0.4, -0.2) is 29.2 Å². The third kappa shape index (κ3) is 3.47. The number of hydrogen-bond acceptors (Lipinski definition) is 4. The standard InChI is InChI=1S/C21H19F3N2O4/c1-4-26(13-10-8-12(9-11-13)21(22,23)24)20(29)17-18(27)16-14(25(2)19(17)28)6-5-7-15(16)30-3/h5-11,27H,4H2,1-3H3. The minimum Gasteiger partial charge on any atom is -0.506 e. The van der Waals surface area contributed by atoms with Crippen LogP contribution in [0.25, 0.3) is 10.9 Å². The van der Waals surface area contributed by atoms with Crippen molar-refractivity contribution in [1.29, 1.82) is 0 Å². The Morgan fingerprint density at radius 3 is 2.33 bits per heavy atom. The average molecular weight is 420 g/mol. The van der Waals surface area contributed by atoms with Gasteiger partial charge in [0.05, 0.1) is 23.6 Å². The van der Waals surface area contributed by atoms with Crippen molar-refractivity contribution < 1.29 is 27.8 Å². The number of carbonyl (C=O) groups excluding carboxylic acids is 1. The molecule has 1 aromatic heterocycles. The number of aromatic hydroxyl groups is 1. The van der Waals surface area contributed by atoms with Gasteiger partial charge in [0.25, 0.3) is 11.5 Å². The van der Waals surface area contributed by atoms with Crippen molar-refractivity contribution in [3.8, 4) is 11.5 Å². The summed E-state index contributed by atoms with van der Waals surface area (Å²) >= 11 is 0. The van der Waals surface area contributed by atoms with Crippen LogP contribution in [0.15, 0.2) is 47.3 Å². The lowest BCUT2D eigenvalue weighted by Gasteiger charge is -2.23. The van der Waals surface area contributed by atoms with Crippen molar-refractivity contribution in [2.24, 2.45) is 7.05 Å². The lowest BCUT2D eigenvalue weighted by atomic mass is 10.1. The predicted octanol–water partition coefficient (Wildman–Crippen LogP) is 3.94. The normalized spacial score (nSPS) is 11.5. The van der Waals surface area contributed by atoms with E-state index in [4.69, 9.17) is 4.74 Å². The number of nitrogens with zero attached hydrogens (tertiary/aromatic N) is 2. The second-order valence-electron chi connectivity index (χ2n) is 6.54. The monoisotopic (exact) mass is 420 g/mol. The van der Waals surface area contributed by atoms with Crippen molar-refractivity contribution in [3.63, 3.8) is 0 Å². The summed E-state index contributed by atoms with van der Waals surface area (Å²) in [5.41, 5.74) is -1.55. The first-order chi connectivity index (χ1) is 14.1. The maximum absolute atomic E-state index is 13.2. The van der Waals surface area contributed by atoms with Crippen molar-refractivity contribution in [2.75, 3.05) is 18.6 Å². The molecular weight excluding hydrogens is 401 g/mol. The van der Waals surface area contributed by atoms with Crippen LogP contribution in [0.1, 0.15) is 22.8 Å². The van der Waals surface area contributed by atoms with Crippen LogP contribution in [0.3, 0.4) is 0 Å². The van der Waals surface area contributed by atoms with Crippen LogP contribution in [0.4, 0.5) is 18.9 Å². The molecule has 1 N–H and O–H groups in total. The third-order valence-electron chi connectivity index (χ3n) is 4.86. The molecule has 0 aliphatic heterocycles. The van der Waals surface area contributed by atoms with Gasteiger partial charge in [-0.2, -0.15) is 13.2 Å². The van der Waals surface area contributed by atoms with Gasteiger partial charge in [-0.15, -0.1) is 0 Å². The zero-order valence-corrected chi connectivity index (χ0v) is 16.4. The Morgan fingerprint density at radius 1 is 1.17 bits per heavy atom. The molecule has 0 aliphatic carbocycles. The fraction of sp³-hybridized carbons (Fsp3) is 0.238. The van der Waals surface area contributed by atoms with Gasteiger partial charge in [-0.1, -0.05) is 6.07 Å². The number of halogens is 3. The molecule has 3 aromatic rings. The molecule has 3 rings (SSSR count). The third-order valence-corrected chi connectivity index (χ3v) is 4.86. The van der Waals surface area contributed by atoms with Crippen LogP contribution in [0.2, 0.25) is 0 Å². The Hall–Kier alpha value is -3.49. The zero-order valence-electron chi connectivity index (χ0n) is 16.4. The molecule has 0 spiro atoms. The fourth-order valence-electron chi connectivity index (χ4n) is 3.31. The number of aromatic nitrogens is 1. The molecule has 0 unspecified atom stereocenters. The fourth-order valence-corrected chi connectivity index (χ4v) is 3.31.